The molecule has 162 valence electrons. The van der Waals surface area contributed by atoms with Gasteiger partial charge in [0.25, 0.3) is 0 Å². The highest BCUT2D eigenvalue weighted by molar-refractivity contribution is 7.92. The predicted molar refractivity (Wildman–Crippen MR) is 114 cm³/mol. The lowest BCUT2D eigenvalue weighted by Crippen LogP contribution is -2.45. The van der Waals surface area contributed by atoms with Crippen molar-refractivity contribution in [3.63, 3.8) is 0 Å². The zero-order valence-corrected chi connectivity index (χ0v) is 18.2. The Morgan fingerprint density at radius 2 is 1.79 bits per heavy atom. The first-order chi connectivity index (χ1) is 13.8. The van der Waals surface area contributed by atoms with Crippen LogP contribution in [0.25, 0.3) is 0 Å². The second-order valence-corrected chi connectivity index (χ2v) is 9.50. The molecule has 0 aromatic heterocycles. The van der Waals surface area contributed by atoms with E-state index in [1.165, 1.54) is 11.8 Å². The Labute approximate surface area is 173 Å². The lowest BCUT2D eigenvalue weighted by Gasteiger charge is -2.29. The van der Waals surface area contributed by atoms with E-state index in [0.717, 1.165) is 18.8 Å². The molecule has 1 N–H and O–H groups in total. The third-order valence-corrected chi connectivity index (χ3v) is 7.19. The van der Waals surface area contributed by atoms with Crippen molar-refractivity contribution in [2.45, 2.75) is 32.4 Å². The van der Waals surface area contributed by atoms with E-state index in [1.807, 2.05) is 24.3 Å². The van der Waals surface area contributed by atoms with Gasteiger partial charge in [-0.3, -0.25) is 9.59 Å². The molecule has 1 fully saturated rings. The number of likely N-dealkylation sites (N-methyl/N-ethyl adjacent to an activating group) is 1. The Morgan fingerprint density at radius 3 is 2.34 bits per heavy atom. The fourth-order valence-corrected chi connectivity index (χ4v) is 4.55. The van der Waals surface area contributed by atoms with E-state index in [-0.39, 0.29) is 24.7 Å². The number of hydrogen-bond donors (Lipinski definition) is 1. The molecule has 1 atom stereocenters. The fraction of sp³-hybridized carbons (Fsp3) is 0.600. The number of rotatable bonds is 9. The van der Waals surface area contributed by atoms with Gasteiger partial charge in [-0.1, -0.05) is 6.92 Å². The number of nitrogens with zero attached hydrogens (tertiary/aromatic N) is 2. The summed E-state index contributed by atoms with van der Waals surface area (Å²) in [7, 11) is -3.51. The third-order valence-electron chi connectivity index (χ3n) is 4.93. The van der Waals surface area contributed by atoms with Crippen molar-refractivity contribution in [2.75, 3.05) is 55.4 Å². The van der Waals surface area contributed by atoms with Gasteiger partial charge in [0.15, 0.2) is 9.84 Å². The second-order valence-electron chi connectivity index (χ2n) is 7.06. The van der Waals surface area contributed by atoms with Crippen molar-refractivity contribution in [3.05, 3.63) is 24.3 Å². The molecular formula is C20H31N3O5S. The molecule has 1 aromatic carbocycles. The van der Waals surface area contributed by atoms with E-state index < -0.39 is 21.0 Å². The van der Waals surface area contributed by atoms with Crippen LogP contribution in [0.4, 0.5) is 11.4 Å². The molecule has 2 rings (SSSR count). The van der Waals surface area contributed by atoms with Crippen LogP contribution in [0.2, 0.25) is 0 Å². The molecule has 0 bridgehead atoms. The average Bonchev–Trinajstić information content (AvgIpc) is 2.72. The van der Waals surface area contributed by atoms with Gasteiger partial charge >= 0.3 is 0 Å². The Kier molecular flexibility index (Phi) is 8.45. The Bertz CT molecular complexity index is 789. The van der Waals surface area contributed by atoms with Crippen molar-refractivity contribution in [1.29, 1.82) is 0 Å². The van der Waals surface area contributed by atoms with Crippen molar-refractivity contribution < 1.29 is 22.7 Å². The van der Waals surface area contributed by atoms with Gasteiger partial charge in [0.2, 0.25) is 11.8 Å². The lowest BCUT2D eigenvalue weighted by molar-refractivity contribution is -0.133. The minimum absolute atomic E-state index is 0.0425. The zero-order chi connectivity index (χ0) is 21.4. The highest BCUT2D eigenvalue weighted by Gasteiger charge is 2.31. The molecule has 1 aliphatic rings. The first kappa shape index (κ1) is 23.2. The highest BCUT2D eigenvalue weighted by Crippen LogP contribution is 2.19. The van der Waals surface area contributed by atoms with Crippen LogP contribution in [0.3, 0.4) is 0 Å². The summed E-state index contributed by atoms with van der Waals surface area (Å²) in [5.74, 6) is -0.947. The molecular weight excluding hydrogens is 394 g/mol. The monoisotopic (exact) mass is 425 g/mol. The molecule has 1 heterocycles. The number of nitrogens with one attached hydrogen (secondary N) is 1. The van der Waals surface area contributed by atoms with Crippen LogP contribution < -0.4 is 10.2 Å². The summed E-state index contributed by atoms with van der Waals surface area (Å²) in [6.45, 7) is 8.00. The number of sulfone groups is 1. The van der Waals surface area contributed by atoms with Gasteiger partial charge in [-0.25, -0.2) is 8.42 Å². The van der Waals surface area contributed by atoms with Crippen molar-refractivity contribution in [3.8, 4) is 0 Å². The van der Waals surface area contributed by atoms with Crippen molar-refractivity contribution >= 4 is 33.0 Å². The SMILES string of the molecule is CCCS(=O)(=O)C(C)C(=O)N(CC)CC(=O)Nc1ccc(N2CCOCC2)cc1. The number of morpholine rings is 1. The van der Waals surface area contributed by atoms with E-state index in [1.54, 1.807) is 13.8 Å². The predicted octanol–water partition coefficient (Wildman–Crippen LogP) is 1.52. The van der Waals surface area contributed by atoms with Crippen molar-refractivity contribution in [1.82, 2.24) is 4.90 Å². The fourth-order valence-electron chi connectivity index (χ4n) is 3.17. The quantitative estimate of drug-likeness (QED) is 0.645. The maximum Gasteiger partial charge on any atom is 0.243 e. The van der Waals surface area contributed by atoms with Crippen LogP contribution >= 0.6 is 0 Å². The molecule has 1 unspecified atom stereocenters. The summed E-state index contributed by atoms with van der Waals surface area (Å²) < 4.78 is 29.7. The molecule has 29 heavy (non-hydrogen) atoms. The Hall–Kier alpha value is -2.13. The molecule has 0 saturated carbocycles. The first-order valence-corrected chi connectivity index (χ1v) is 11.7. The molecule has 0 radical (unpaired) electrons. The second kappa shape index (κ2) is 10.6. The summed E-state index contributed by atoms with van der Waals surface area (Å²) in [4.78, 5) is 28.4. The van der Waals surface area contributed by atoms with Crippen LogP contribution in [0.5, 0.6) is 0 Å². The molecule has 1 aromatic rings. The van der Waals surface area contributed by atoms with Gasteiger partial charge in [-0.15, -0.1) is 0 Å². The molecule has 1 aliphatic heterocycles. The number of carbonyl (C=O) groups is 2. The summed E-state index contributed by atoms with van der Waals surface area (Å²) in [6.07, 6.45) is 0.451. The largest absolute Gasteiger partial charge is 0.378 e. The minimum Gasteiger partial charge on any atom is -0.378 e. The van der Waals surface area contributed by atoms with Crippen molar-refractivity contribution in [2.24, 2.45) is 0 Å². The molecule has 1 saturated heterocycles. The first-order valence-electron chi connectivity index (χ1n) is 10.0. The topological polar surface area (TPSA) is 96.0 Å². The molecule has 0 spiro atoms. The molecule has 9 heteroatoms. The molecule has 8 nitrogen and oxygen atoms in total. The summed E-state index contributed by atoms with van der Waals surface area (Å²) >= 11 is 0. The summed E-state index contributed by atoms with van der Waals surface area (Å²) in [5, 5.41) is 1.62. The van der Waals surface area contributed by atoms with E-state index >= 15 is 0 Å². The number of hydrogen-bond acceptors (Lipinski definition) is 6. The average molecular weight is 426 g/mol. The van der Waals surface area contributed by atoms with E-state index in [2.05, 4.69) is 10.2 Å². The van der Waals surface area contributed by atoms with E-state index in [9.17, 15) is 18.0 Å². The minimum atomic E-state index is -3.51. The number of ether oxygens (including phenoxy) is 1. The van der Waals surface area contributed by atoms with Gasteiger partial charge in [-0.2, -0.15) is 0 Å². The number of benzene rings is 1. The van der Waals surface area contributed by atoms with Gasteiger partial charge in [0, 0.05) is 31.0 Å². The van der Waals surface area contributed by atoms with E-state index in [4.69, 9.17) is 4.74 Å². The highest BCUT2D eigenvalue weighted by atomic mass is 32.2. The third kappa shape index (κ3) is 6.43. The van der Waals surface area contributed by atoms with Crippen LogP contribution in [-0.2, 0) is 24.2 Å². The van der Waals surface area contributed by atoms with Gasteiger partial charge in [0.1, 0.15) is 5.25 Å². The summed E-state index contributed by atoms with van der Waals surface area (Å²) in [5.41, 5.74) is 1.69. The van der Waals surface area contributed by atoms with E-state index in [0.29, 0.717) is 25.3 Å². The maximum absolute atomic E-state index is 12.6. The lowest BCUT2D eigenvalue weighted by atomic mass is 10.2. The Balaban J connectivity index is 1.94. The number of anilines is 2. The maximum atomic E-state index is 12.6. The normalized spacial score (nSPS) is 15.6. The molecule has 2 amide bonds. The zero-order valence-electron chi connectivity index (χ0n) is 17.4. The number of carbonyl (C=O) groups excluding carboxylic acids is 2. The van der Waals surface area contributed by atoms with Crippen LogP contribution in [0.1, 0.15) is 27.2 Å². The van der Waals surface area contributed by atoms with Crippen LogP contribution in [0, 0.1) is 0 Å². The van der Waals surface area contributed by atoms with Crippen LogP contribution in [0.15, 0.2) is 24.3 Å². The standard InChI is InChI=1S/C20H31N3O5S/c1-4-14-29(26,27)16(3)20(25)22(5-2)15-19(24)21-17-6-8-18(9-7-17)23-10-12-28-13-11-23/h6-9,16H,4-5,10-15H2,1-3H3,(H,21,24). The van der Waals surface area contributed by atoms with Gasteiger partial charge < -0.3 is 19.9 Å². The van der Waals surface area contributed by atoms with Crippen LogP contribution in [-0.4, -0.2) is 75.5 Å². The smallest absolute Gasteiger partial charge is 0.243 e. The molecule has 0 aliphatic carbocycles. The Morgan fingerprint density at radius 1 is 1.17 bits per heavy atom. The number of amides is 2. The van der Waals surface area contributed by atoms with Gasteiger partial charge in [0.05, 0.1) is 25.5 Å². The summed E-state index contributed by atoms with van der Waals surface area (Å²) in [6, 6.07) is 7.50. The van der Waals surface area contributed by atoms with Gasteiger partial charge in [-0.05, 0) is 44.5 Å².